The highest BCUT2D eigenvalue weighted by Gasteiger charge is 2.17. The monoisotopic (exact) mass is 283 g/mol. The van der Waals surface area contributed by atoms with Crippen molar-refractivity contribution in [1.82, 2.24) is 10.4 Å². The summed E-state index contributed by atoms with van der Waals surface area (Å²) in [6.45, 7) is 0. The largest absolute Gasteiger partial charge is 0.271 e. The molecule has 3 N–H and O–H groups in total. The van der Waals surface area contributed by atoms with Gasteiger partial charge in [-0.15, -0.1) is 0 Å². The summed E-state index contributed by atoms with van der Waals surface area (Å²) in [5.74, 6) is 4.14. The van der Waals surface area contributed by atoms with Crippen LogP contribution in [0.3, 0.4) is 0 Å². The van der Waals surface area contributed by atoms with Gasteiger partial charge in [-0.1, -0.05) is 17.7 Å². The fourth-order valence-electron chi connectivity index (χ4n) is 1.82. The number of pyridine rings is 1. The van der Waals surface area contributed by atoms with Crippen LogP contribution in [0, 0.1) is 11.6 Å². The number of benzene rings is 1. The van der Waals surface area contributed by atoms with Crippen LogP contribution in [-0.4, -0.2) is 4.98 Å². The molecule has 0 aliphatic carbocycles. The van der Waals surface area contributed by atoms with Crippen molar-refractivity contribution in [2.75, 3.05) is 0 Å². The lowest BCUT2D eigenvalue weighted by Gasteiger charge is -2.17. The summed E-state index contributed by atoms with van der Waals surface area (Å²) >= 11 is 5.52. The maximum absolute atomic E-state index is 13.8. The molecule has 1 aromatic carbocycles. The maximum atomic E-state index is 13.8. The summed E-state index contributed by atoms with van der Waals surface area (Å²) < 4.78 is 27.2. The van der Waals surface area contributed by atoms with Crippen molar-refractivity contribution >= 4 is 11.6 Å². The topological polar surface area (TPSA) is 50.9 Å². The van der Waals surface area contributed by atoms with Crippen molar-refractivity contribution < 1.29 is 8.78 Å². The van der Waals surface area contributed by atoms with E-state index in [-0.39, 0.29) is 10.6 Å². The lowest BCUT2D eigenvalue weighted by atomic mass is 10.00. The van der Waals surface area contributed by atoms with E-state index in [0.29, 0.717) is 6.42 Å². The summed E-state index contributed by atoms with van der Waals surface area (Å²) in [6, 6.07) is 5.04. The molecule has 1 atom stereocenters. The van der Waals surface area contributed by atoms with Crippen LogP contribution in [-0.2, 0) is 6.42 Å². The van der Waals surface area contributed by atoms with E-state index >= 15 is 0 Å². The number of nitrogens with two attached hydrogens (primary N) is 1. The number of nitrogens with zero attached hydrogens (tertiary/aromatic N) is 1. The van der Waals surface area contributed by atoms with E-state index in [9.17, 15) is 8.78 Å². The Morgan fingerprint density at radius 2 is 2.11 bits per heavy atom. The number of halogens is 3. The number of hydrazine groups is 1. The van der Waals surface area contributed by atoms with E-state index in [1.54, 1.807) is 18.5 Å². The van der Waals surface area contributed by atoms with Crippen molar-refractivity contribution in [3.05, 3.63) is 64.4 Å². The second-order valence-electron chi connectivity index (χ2n) is 4.07. The van der Waals surface area contributed by atoms with Crippen molar-refractivity contribution in [1.29, 1.82) is 0 Å². The van der Waals surface area contributed by atoms with Gasteiger partial charge in [-0.2, -0.15) is 0 Å². The molecule has 1 unspecified atom stereocenters. The predicted molar refractivity (Wildman–Crippen MR) is 69.4 cm³/mol. The molecule has 0 aliphatic heterocycles. The van der Waals surface area contributed by atoms with Crippen molar-refractivity contribution in [3.8, 4) is 0 Å². The Morgan fingerprint density at radius 3 is 2.74 bits per heavy atom. The standard InChI is InChI=1S/C13H12ClF2N3/c14-10-6-11(15)9(5-12(10)16)13(19-17)4-8-2-1-3-18-7-8/h1-3,5-7,13,19H,4,17H2. The van der Waals surface area contributed by atoms with Gasteiger partial charge in [0.15, 0.2) is 0 Å². The van der Waals surface area contributed by atoms with Gasteiger partial charge in [0, 0.05) is 18.0 Å². The Labute approximate surface area is 114 Å². The second kappa shape index (κ2) is 6.06. The van der Waals surface area contributed by atoms with Gasteiger partial charge in [0.05, 0.1) is 11.1 Å². The molecule has 100 valence electrons. The van der Waals surface area contributed by atoms with Crippen LogP contribution >= 0.6 is 11.6 Å². The fraction of sp³-hybridized carbons (Fsp3) is 0.154. The molecule has 2 aromatic rings. The third-order valence-corrected chi connectivity index (χ3v) is 3.07. The van der Waals surface area contributed by atoms with Crippen molar-refractivity contribution in [3.63, 3.8) is 0 Å². The molecule has 1 aromatic heterocycles. The normalized spacial score (nSPS) is 12.4. The Morgan fingerprint density at radius 1 is 1.32 bits per heavy atom. The highest BCUT2D eigenvalue weighted by atomic mass is 35.5. The van der Waals surface area contributed by atoms with Crippen LogP contribution in [0.4, 0.5) is 8.78 Å². The molecule has 0 saturated heterocycles. The Hall–Kier alpha value is -1.56. The molecule has 0 amide bonds. The molecule has 6 heteroatoms. The maximum Gasteiger partial charge on any atom is 0.142 e. The van der Waals surface area contributed by atoms with E-state index in [1.165, 1.54) is 0 Å². The van der Waals surface area contributed by atoms with Gasteiger partial charge in [-0.3, -0.25) is 16.3 Å². The summed E-state index contributed by atoms with van der Waals surface area (Å²) in [4.78, 5) is 3.96. The third-order valence-electron chi connectivity index (χ3n) is 2.78. The zero-order valence-corrected chi connectivity index (χ0v) is 10.7. The Bertz CT molecular complexity index is 563. The lowest BCUT2D eigenvalue weighted by Crippen LogP contribution is -2.30. The Balaban J connectivity index is 2.30. The average Bonchev–Trinajstić information content (AvgIpc) is 2.42. The number of hydrogen-bond donors (Lipinski definition) is 2. The molecule has 0 spiro atoms. The first-order valence-electron chi connectivity index (χ1n) is 5.61. The molecule has 0 radical (unpaired) electrons. The quantitative estimate of drug-likeness (QED) is 0.515. The van der Waals surface area contributed by atoms with Crippen LogP contribution in [0.15, 0.2) is 36.7 Å². The molecular weight excluding hydrogens is 272 g/mol. The van der Waals surface area contributed by atoms with Gasteiger partial charge in [0.25, 0.3) is 0 Å². The molecule has 2 rings (SSSR count). The minimum absolute atomic E-state index is 0.133. The smallest absolute Gasteiger partial charge is 0.142 e. The van der Waals surface area contributed by atoms with Gasteiger partial charge >= 0.3 is 0 Å². The lowest BCUT2D eigenvalue weighted by molar-refractivity contribution is 0.502. The minimum Gasteiger partial charge on any atom is -0.271 e. The first-order chi connectivity index (χ1) is 9.11. The molecule has 0 fully saturated rings. The number of aromatic nitrogens is 1. The molecule has 0 saturated carbocycles. The van der Waals surface area contributed by atoms with Gasteiger partial charge < -0.3 is 0 Å². The van der Waals surface area contributed by atoms with E-state index in [1.807, 2.05) is 6.07 Å². The van der Waals surface area contributed by atoms with E-state index in [0.717, 1.165) is 17.7 Å². The Kier molecular flexibility index (Phi) is 4.42. The molecule has 1 heterocycles. The molecule has 0 bridgehead atoms. The molecular formula is C13H12ClF2N3. The number of nitrogens with one attached hydrogen (secondary N) is 1. The molecule has 0 aliphatic rings. The summed E-state index contributed by atoms with van der Waals surface area (Å²) in [5.41, 5.74) is 3.47. The van der Waals surface area contributed by atoms with Crippen LogP contribution in [0.5, 0.6) is 0 Å². The number of hydrogen-bond acceptors (Lipinski definition) is 3. The van der Waals surface area contributed by atoms with Crippen molar-refractivity contribution in [2.45, 2.75) is 12.5 Å². The van der Waals surface area contributed by atoms with Crippen LogP contribution < -0.4 is 11.3 Å². The SMILES string of the molecule is NNC(Cc1cccnc1)c1cc(F)c(Cl)cc1F. The molecule has 3 nitrogen and oxygen atoms in total. The van der Waals surface area contributed by atoms with Gasteiger partial charge in [-0.05, 0) is 30.2 Å². The zero-order valence-electron chi connectivity index (χ0n) is 9.91. The highest BCUT2D eigenvalue weighted by molar-refractivity contribution is 6.30. The van der Waals surface area contributed by atoms with Crippen LogP contribution in [0.1, 0.15) is 17.2 Å². The zero-order chi connectivity index (χ0) is 13.8. The first kappa shape index (κ1) is 13.9. The van der Waals surface area contributed by atoms with Crippen LogP contribution in [0.25, 0.3) is 0 Å². The van der Waals surface area contributed by atoms with E-state index < -0.39 is 17.7 Å². The summed E-state index contributed by atoms with van der Waals surface area (Å²) in [5, 5.41) is -0.251. The molecule has 19 heavy (non-hydrogen) atoms. The van der Waals surface area contributed by atoms with E-state index in [4.69, 9.17) is 17.4 Å². The fourth-order valence-corrected chi connectivity index (χ4v) is 1.97. The summed E-state index contributed by atoms with van der Waals surface area (Å²) in [7, 11) is 0. The van der Waals surface area contributed by atoms with E-state index in [2.05, 4.69) is 10.4 Å². The average molecular weight is 284 g/mol. The van der Waals surface area contributed by atoms with Crippen molar-refractivity contribution in [2.24, 2.45) is 5.84 Å². The third kappa shape index (κ3) is 3.26. The highest BCUT2D eigenvalue weighted by Crippen LogP contribution is 2.25. The summed E-state index contributed by atoms with van der Waals surface area (Å²) in [6.07, 6.45) is 3.67. The first-order valence-corrected chi connectivity index (χ1v) is 5.99. The van der Waals surface area contributed by atoms with Crippen LogP contribution in [0.2, 0.25) is 5.02 Å². The van der Waals surface area contributed by atoms with Gasteiger partial charge in [0.1, 0.15) is 11.6 Å². The minimum atomic E-state index is -0.676. The second-order valence-corrected chi connectivity index (χ2v) is 4.48. The number of rotatable bonds is 4. The van der Waals surface area contributed by atoms with Gasteiger partial charge in [0.2, 0.25) is 0 Å². The van der Waals surface area contributed by atoms with Gasteiger partial charge in [-0.25, -0.2) is 8.78 Å². The predicted octanol–water partition coefficient (Wildman–Crippen LogP) is 2.76.